The SMILES string of the molecule is CCC(C)(C)C1CCC(O)(c2ccc(Cl)cc2)CC1. The Morgan fingerprint density at radius 3 is 2.21 bits per heavy atom. The summed E-state index contributed by atoms with van der Waals surface area (Å²) < 4.78 is 0. The second-order valence-corrected chi connectivity index (χ2v) is 7.09. The van der Waals surface area contributed by atoms with Crippen molar-refractivity contribution < 1.29 is 5.11 Å². The summed E-state index contributed by atoms with van der Waals surface area (Å²) in [4.78, 5) is 0. The average Bonchev–Trinajstić information content (AvgIpc) is 2.40. The minimum atomic E-state index is -0.648. The van der Waals surface area contributed by atoms with Gasteiger partial charge in [-0.25, -0.2) is 0 Å². The van der Waals surface area contributed by atoms with Gasteiger partial charge in [-0.15, -0.1) is 0 Å². The van der Waals surface area contributed by atoms with E-state index in [9.17, 15) is 5.11 Å². The smallest absolute Gasteiger partial charge is 0.0896 e. The molecule has 106 valence electrons. The summed E-state index contributed by atoms with van der Waals surface area (Å²) >= 11 is 5.92. The molecule has 0 bridgehead atoms. The molecule has 0 aliphatic heterocycles. The molecule has 19 heavy (non-hydrogen) atoms. The van der Waals surface area contributed by atoms with E-state index in [1.54, 1.807) is 0 Å². The fraction of sp³-hybridized carbons (Fsp3) is 0.647. The molecular weight excluding hydrogens is 256 g/mol. The van der Waals surface area contributed by atoms with E-state index < -0.39 is 5.60 Å². The van der Waals surface area contributed by atoms with E-state index in [1.165, 1.54) is 6.42 Å². The van der Waals surface area contributed by atoms with Gasteiger partial charge in [-0.2, -0.15) is 0 Å². The third-order valence-electron chi connectivity index (χ3n) is 5.21. The highest BCUT2D eigenvalue weighted by molar-refractivity contribution is 6.30. The third-order valence-corrected chi connectivity index (χ3v) is 5.46. The summed E-state index contributed by atoms with van der Waals surface area (Å²) in [6, 6.07) is 7.68. The topological polar surface area (TPSA) is 20.2 Å². The standard InChI is InChI=1S/C17H25ClO/c1-4-16(2,3)13-9-11-17(19,12-10-13)14-5-7-15(18)8-6-14/h5-8,13,19H,4,9-12H2,1-3H3. The Hall–Kier alpha value is -0.530. The van der Waals surface area contributed by atoms with Crippen molar-refractivity contribution in [2.45, 2.75) is 58.5 Å². The molecule has 0 spiro atoms. The van der Waals surface area contributed by atoms with Gasteiger partial charge in [0.15, 0.2) is 0 Å². The molecule has 1 fully saturated rings. The van der Waals surface area contributed by atoms with Crippen LogP contribution in [0.15, 0.2) is 24.3 Å². The normalized spacial score (nSPS) is 28.4. The number of rotatable bonds is 3. The van der Waals surface area contributed by atoms with Crippen LogP contribution in [0.4, 0.5) is 0 Å². The van der Waals surface area contributed by atoms with Gasteiger partial charge in [0.05, 0.1) is 5.60 Å². The van der Waals surface area contributed by atoms with E-state index in [0.29, 0.717) is 5.41 Å². The zero-order valence-electron chi connectivity index (χ0n) is 12.2. The molecule has 0 heterocycles. The first kappa shape index (κ1) is 14.9. The molecule has 0 saturated heterocycles. The van der Waals surface area contributed by atoms with Crippen molar-refractivity contribution in [3.05, 3.63) is 34.9 Å². The summed E-state index contributed by atoms with van der Waals surface area (Å²) in [7, 11) is 0. The minimum absolute atomic E-state index is 0.390. The second kappa shape index (κ2) is 5.46. The molecule has 1 N–H and O–H groups in total. The van der Waals surface area contributed by atoms with Crippen LogP contribution in [0.1, 0.15) is 58.4 Å². The third kappa shape index (κ3) is 3.14. The molecule has 0 atom stereocenters. The lowest BCUT2D eigenvalue weighted by molar-refractivity contribution is -0.0328. The molecule has 1 aromatic rings. The predicted molar refractivity (Wildman–Crippen MR) is 81.4 cm³/mol. The molecule has 2 heteroatoms. The fourth-order valence-electron chi connectivity index (χ4n) is 3.21. The molecule has 1 aliphatic rings. The van der Waals surface area contributed by atoms with Gasteiger partial charge in [0.2, 0.25) is 0 Å². The van der Waals surface area contributed by atoms with Crippen molar-refractivity contribution in [3.63, 3.8) is 0 Å². The van der Waals surface area contributed by atoms with E-state index >= 15 is 0 Å². The molecular formula is C17H25ClO. The summed E-state index contributed by atoms with van der Waals surface area (Å²) in [6.07, 6.45) is 5.16. The summed E-state index contributed by atoms with van der Waals surface area (Å²) in [6.45, 7) is 6.97. The maximum absolute atomic E-state index is 10.8. The average molecular weight is 281 g/mol. The van der Waals surface area contributed by atoms with E-state index in [1.807, 2.05) is 24.3 Å². The molecule has 1 aromatic carbocycles. The molecule has 2 rings (SSSR count). The number of hydrogen-bond donors (Lipinski definition) is 1. The first-order chi connectivity index (χ1) is 8.87. The van der Waals surface area contributed by atoms with Gasteiger partial charge >= 0.3 is 0 Å². The largest absolute Gasteiger partial charge is 0.385 e. The molecule has 1 saturated carbocycles. The van der Waals surface area contributed by atoms with E-state index in [0.717, 1.165) is 42.2 Å². The maximum atomic E-state index is 10.8. The lowest BCUT2D eigenvalue weighted by Gasteiger charge is -2.42. The van der Waals surface area contributed by atoms with E-state index in [-0.39, 0.29) is 0 Å². The van der Waals surface area contributed by atoms with Crippen molar-refractivity contribution in [1.29, 1.82) is 0 Å². The number of halogens is 1. The van der Waals surface area contributed by atoms with Crippen molar-refractivity contribution >= 4 is 11.6 Å². The Bertz CT molecular complexity index is 413. The van der Waals surface area contributed by atoms with Crippen LogP contribution in [-0.2, 0) is 5.60 Å². The van der Waals surface area contributed by atoms with Crippen LogP contribution >= 0.6 is 11.6 Å². The lowest BCUT2D eigenvalue weighted by atomic mass is 9.65. The Balaban J connectivity index is 2.08. The molecule has 1 nitrogen and oxygen atoms in total. The Labute approximate surface area is 122 Å². The van der Waals surface area contributed by atoms with Crippen molar-refractivity contribution in [2.75, 3.05) is 0 Å². The van der Waals surface area contributed by atoms with Gasteiger partial charge < -0.3 is 5.11 Å². The molecule has 0 radical (unpaired) electrons. The number of hydrogen-bond acceptors (Lipinski definition) is 1. The fourth-order valence-corrected chi connectivity index (χ4v) is 3.34. The van der Waals surface area contributed by atoms with Gasteiger partial charge in [0, 0.05) is 5.02 Å². The Kier molecular flexibility index (Phi) is 4.27. The van der Waals surface area contributed by atoms with Crippen LogP contribution in [0.2, 0.25) is 5.02 Å². The summed E-state index contributed by atoms with van der Waals surface area (Å²) in [5.74, 6) is 0.727. The number of benzene rings is 1. The van der Waals surface area contributed by atoms with Gasteiger partial charge in [0.1, 0.15) is 0 Å². The van der Waals surface area contributed by atoms with E-state index in [4.69, 9.17) is 11.6 Å². The summed E-state index contributed by atoms with van der Waals surface area (Å²) in [5.41, 5.74) is 0.760. The van der Waals surface area contributed by atoms with Crippen molar-refractivity contribution in [2.24, 2.45) is 11.3 Å². The molecule has 0 unspecified atom stereocenters. The van der Waals surface area contributed by atoms with Crippen molar-refractivity contribution in [3.8, 4) is 0 Å². The monoisotopic (exact) mass is 280 g/mol. The lowest BCUT2D eigenvalue weighted by Crippen LogP contribution is -2.36. The highest BCUT2D eigenvalue weighted by atomic mass is 35.5. The maximum Gasteiger partial charge on any atom is 0.0896 e. The minimum Gasteiger partial charge on any atom is -0.385 e. The highest BCUT2D eigenvalue weighted by Gasteiger charge is 2.39. The Morgan fingerprint density at radius 1 is 1.21 bits per heavy atom. The van der Waals surface area contributed by atoms with Crippen LogP contribution in [0.25, 0.3) is 0 Å². The second-order valence-electron chi connectivity index (χ2n) is 6.65. The van der Waals surface area contributed by atoms with Gasteiger partial charge in [-0.05, 0) is 54.7 Å². The zero-order chi connectivity index (χ0) is 14.1. The van der Waals surface area contributed by atoms with Crippen LogP contribution < -0.4 is 0 Å². The highest BCUT2D eigenvalue weighted by Crippen LogP contribution is 2.46. The van der Waals surface area contributed by atoms with Gasteiger partial charge in [0.25, 0.3) is 0 Å². The molecule has 0 aromatic heterocycles. The zero-order valence-corrected chi connectivity index (χ0v) is 13.0. The molecule has 0 amide bonds. The predicted octanol–water partition coefficient (Wildman–Crippen LogP) is 5.15. The first-order valence-corrected chi connectivity index (χ1v) is 7.73. The van der Waals surface area contributed by atoms with Gasteiger partial charge in [-0.1, -0.05) is 50.9 Å². The van der Waals surface area contributed by atoms with Gasteiger partial charge in [-0.3, -0.25) is 0 Å². The van der Waals surface area contributed by atoms with Crippen molar-refractivity contribution in [1.82, 2.24) is 0 Å². The van der Waals surface area contributed by atoms with Crippen LogP contribution in [0.5, 0.6) is 0 Å². The first-order valence-electron chi connectivity index (χ1n) is 7.36. The van der Waals surface area contributed by atoms with Crippen LogP contribution in [0, 0.1) is 11.3 Å². The van der Waals surface area contributed by atoms with E-state index in [2.05, 4.69) is 20.8 Å². The Morgan fingerprint density at radius 2 is 1.74 bits per heavy atom. The van der Waals surface area contributed by atoms with Crippen LogP contribution in [0.3, 0.4) is 0 Å². The summed E-state index contributed by atoms with van der Waals surface area (Å²) in [5, 5.41) is 11.6. The quantitative estimate of drug-likeness (QED) is 0.811. The van der Waals surface area contributed by atoms with Crippen LogP contribution in [-0.4, -0.2) is 5.11 Å². The molecule has 1 aliphatic carbocycles. The number of aliphatic hydroxyl groups is 1.